The Morgan fingerprint density at radius 2 is 1.88 bits per heavy atom. The summed E-state index contributed by atoms with van der Waals surface area (Å²) < 4.78 is 13.2. The number of piperazine rings is 1. The zero-order valence-electron chi connectivity index (χ0n) is 13.8. The van der Waals surface area contributed by atoms with Gasteiger partial charge in [0, 0.05) is 31.4 Å². The second kappa shape index (κ2) is 6.81. The van der Waals surface area contributed by atoms with Gasteiger partial charge in [-0.15, -0.1) is 0 Å². The minimum Gasteiger partial charge on any atom is -0.365 e. The van der Waals surface area contributed by atoms with E-state index < -0.39 is 5.82 Å². The van der Waals surface area contributed by atoms with E-state index in [2.05, 4.69) is 43.0 Å². The molecule has 0 spiro atoms. The van der Waals surface area contributed by atoms with Crippen LogP contribution < -0.4 is 4.90 Å². The maximum Gasteiger partial charge on any atom is 0.255 e. The van der Waals surface area contributed by atoms with Crippen molar-refractivity contribution < 1.29 is 9.18 Å². The van der Waals surface area contributed by atoms with Crippen molar-refractivity contribution in [1.82, 2.24) is 4.90 Å². The summed E-state index contributed by atoms with van der Waals surface area (Å²) in [7, 11) is 0. The SMILES string of the molecule is Cc1ccc(N2CCN(C(=O)c3ccc(F)cc3Cl)CC2C)cc1. The van der Waals surface area contributed by atoms with E-state index >= 15 is 0 Å². The third kappa shape index (κ3) is 3.39. The largest absolute Gasteiger partial charge is 0.365 e. The van der Waals surface area contributed by atoms with Crippen LogP contribution in [0.25, 0.3) is 0 Å². The van der Waals surface area contributed by atoms with Crippen molar-refractivity contribution in [2.75, 3.05) is 24.5 Å². The number of rotatable bonds is 2. The number of anilines is 1. The van der Waals surface area contributed by atoms with Crippen LogP contribution >= 0.6 is 11.6 Å². The van der Waals surface area contributed by atoms with Gasteiger partial charge in [-0.3, -0.25) is 4.79 Å². The third-order valence-electron chi connectivity index (χ3n) is 4.44. The predicted molar refractivity (Wildman–Crippen MR) is 95.3 cm³/mol. The van der Waals surface area contributed by atoms with Crippen LogP contribution in [-0.2, 0) is 0 Å². The van der Waals surface area contributed by atoms with Gasteiger partial charge >= 0.3 is 0 Å². The van der Waals surface area contributed by atoms with E-state index in [4.69, 9.17) is 11.6 Å². The van der Waals surface area contributed by atoms with Gasteiger partial charge in [0.1, 0.15) is 5.82 Å². The molecule has 1 amide bonds. The summed E-state index contributed by atoms with van der Waals surface area (Å²) in [6.45, 7) is 6.15. The zero-order valence-corrected chi connectivity index (χ0v) is 14.6. The number of carbonyl (C=O) groups excluding carboxylic acids is 1. The highest BCUT2D eigenvalue weighted by Crippen LogP contribution is 2.24. The van der Waals surface area contributed by atoms with Crippen LogP contribution in [0.15, 0.2) is 42.5 Å². The van der Waals surface area contributed by atoms with E-state index in [9.17, 15) is 9.18 Å². The standard InChI is InChI=1S/C19H20ClFN2O/c1-13-3-6-16(7-4-13)23-10-9-22(12-14(23)2)19(24)17-8-5-15(21)11-18(17)20/h3-8,11,14H,9-10,12H2,1-2H3. The number of nitrogens with zero attached hydrogens (tertiary/aromatic N) is 2. The molecule has 1 atom stereocenters. The lowest BCUT2D eigenvalue weighted by Gasteiger charge is -2.41. The van der Waals surface area contributed by atoms with Gasteiger partial charge in [0.15, 0.2) is 0 Å². The van der Waals surface area contributed by atoms with Crippen LogP contribution in [0.5, 0.6) is 0 Å². The van der Waals surface area contributed by atoms with Gasteiger partial charge in [-0.25, -0.2) is 4.39 Å². The molecule has 1 aliphatic rings. The Bertz CT molecular complexity index is 748. The van der Waals surface area contributed by atoms with Gasteiger partial charge in [-0.05, 0) is 44.2 Å². The lowest BCUT2D eigenvalue weighted by molar-refractivity contribution is 0.0726. The Kier molecular flexibility index (Phi) is 4.76. The van der Waals surface area contributed by atoms with Gasteiger partial charge in [-0.1, -0.05) is 29.3 Å². The van der Waals surface area contributed by atoms with Crippen molar-refractivity contribution in [3.05, 3.63) is 64.4 Å². The molecular weight excluding hydrogens is 327 g/mol. The first-order valence-corrected chi connectivity index (χ1v) is 8.41. The maximum absolute atomic E-state index is 13.2. The molecule has 1 heterocycles. The molecule has 0 saturated carbocycles. The molecule has 0 aliphatic carbocycles. The first kappa shape index (κ1) is 16.8. The normalized spacial score (nSPS) is 17.9. The summed E-state index contributed by atoms with van der Waals surface area (Å²) in [6, 6.07) is 12.5. The summed E-state index contributed by atoms with van der Waals surface area (Å²) >= 11 is 6.02. The average Bonchev–Trinajstić information content (AvgIpc) is 2.55. The average molecular weight is 347 g/mol. The quantitative estimate of drug-likeness (QED) is 0.816. The van der Waals surface area contributed by atoms with Gasteiger partial charge in [0.2, 0.25) is 0 Å². The van der Waals surface area contributed by atoms with Crippen molar-refractivity contribution in [3.8, 4) is 0 Å². The van der Waals surface area contributed by atoms with Crippen molar-refractivity contribution in [2.24, 2.45) is 0 Å². The minimum absolute atomic E-state index is 0.143. The van der Waals surface area contributed by atoms with E-state index in [1.807, 2.05) is 0 Å². The van der Waals surface area contributed by atoms with E-state index in [1.165, 1.54) is 29.4 Å². The molecule has 3 nitrogen and oxygen atoms in total. The lowest BCUT2D eigenvalue weighted by Crippen LogP contribution is -2.53. The highest BCUT2D eigenvalue weighted by molar-refractivity contribution is 6.33. The molecule has 1 unspecified atom stereocenters. The molecular formula is C19H20ClFN2O. The highest BCUT2D eigenvalue weighted by atomic mass is 35.5. The summed E-state index contributed by atoms with van der Waals surface area (Å²) in [5.74, 6) is -0.579. The zero-order chi connectivity index (χ0) is 17.3. The van der Waals surface area contributed by atoms with Gasteiger partial charge in [0.25, 0.3) is 5.91 Å². The molecule has 1 saturated heterocycles. The number of amides is 1. The van der Waals surface area contributed by atoms with E-state index in [-0.39, 0.29) is 17.0 Å². The second-order valence-electron chi connectivity index (χ2n) is 6.25. The number of aryl methyl sites for hydroxylation is 1. The Balaban J connectivity index is 1.73. The molecule has 1 aliphatic heterocycles. The van der Waals surface area contributed by atoms with Gasteiger partial charge in [0.05, 0.1) is 10.6 Å². The Hall–Kier alpha value is -2.07. The highest BCUT2D eigenvalue weighted by Gasteiger charge is 2.28. The summed E-state index contributed by atoms with van der Waals surface area (Å²) in [6.07, 6.45) is 0. The molecule has 0 N–H and O–H groups in total. The van der Waals surface area contributed by atoms with Crippen LogP contribution in [0.4, 0.5) is 10.1 Å². The maximum atomic E-state index is 13.2. The number of halogens is 2. The van der Waals surface area contributed by atoms with Crippen LogP contribution in [0.3, 0.4) is 0 Å². The topological polar surface area (TPSA) is 23.6 Å². The number of benzene rings is 2. The second-order valence-corrected chi connectivity index (χ2v) is 6.66. The number of carbonyl (C=O) groups is 1. The third-order valence-corrected chi connectivity index (χ3v) is 4.75. The molecule has 0 aromatic heterocycles. The molecule has 0 bridgehead atoms. The van der Waals surface area contributed by atoms with Crippen molar-refractivity contribution in [1.29, 1.82) is 0 Å². The van der Waals surface area contributed by atoms with E-state index in [1.54, 1.807) is 4.90 Å². The van der Waals surface area contributed by atoms with Crippen molar-refractivity contribution in [2.45, 2.75) is 19.9 Å². The molecule has 2 aromatic rings. The fraction of sp³-hybridized carbons (Fsp3) is 0.316. The first-order valence-electron chi connectivity index (χ1n) is 8.03. The summed E-state index contributed by atoms with van der Waals surface area (Å²) in [5.41, 5.74) is 2.75. The first-order chi connectivity index (χ1) is 11.5. The van der Waals surface area contributed by atoms with Crippen molar-refractivity contribution in [3.63, 3.8) is 0 Å². The summed E-state index contributed by atoms with van der Waals surface area (Å²) in [5, 5.41) is 0.161. The lowest BCUT2D eigenvalue weighted by atomic mass is 10.1. The fourth-order valence-corrected chi connectivity index (χ4v) is 3.34. The monoisotopic (exact) mass is 346 g/mol. The molecule has 2 aromatic carbocycles. The molecule has 126 valence electrons. The Morgan fingerprint density at radius 3 is 2.50 bits per heavy atom. The van der Waals surface area contributed by atoms with Crippen LogP contribution in [0, 0.1) is 12.7 Å². The van der Waals surface area contributed by atoms with Crippen molar-refractivity contribution >= 4 is 23.2 Å². The molecule has 1 fully saturated rings. The number of hydrogen-bond acceptors (Lipinski definition) is 2. The van der Waals surface area contributed by atoms with E-state index in [0.717, 1.165) is 6.54 Å². The molecule has 24 heavy (non-hydrogen) atoms. The Labute approximate surface area is 146 Å². The number of hydrogen-bond donors (Lipinski definition) is 0. The molecule has 3 rings (SSSR count). The smallest absolute Gasteiger partial charge is 0.255 e. The van der Waals surface area contributed by atoms with Gasteiger partial charge < -0.3 is 9.80 Å². The van der Waals surface area contributed by atoms with E-state index in [0.29, 0.717) is 18.7 Å². The molecule has 0 radical (unpaired) electrons. The Morgan fingerprint density at radius 1 is 1.17 bits per heavy atom. The fourth-order valence-electron chi connectivity index (χ4n) is 3.10. The van der Waals surface area contributed by atoms with Gasteiger partial charge in [-0.2, -0.15) is 0 Å². The van der Waals surface area contributed by atoms with Crippen LogP contribution in [0.1, 0.15) is 22.8 Å². The summed E-state index contributed by atoms with van der Waals surface area (Å²) in [4.78, 5) is 16.8. The molecule has 5 heteroatoms. The van der Waals surface area contributed by atoms with Crippen LogP contribution in [-0.4, -0.2) is 36.5 Å². The predicted octanol–water partition coefficient (Wildman–Crippen LogP) is 4.14. The van der Waals surface area contributed by atoms with Crippen LogP contribution in [0.2, 0.25) is 5.02 Å². The minimum atomic E-state index is -0.436.